The average Bonchev–Trinajstić information content (AvgIpc) is 2.44. The van der Waals surface area contributed by atoms with Gasteiger partial charge in [-0.05, 0) is 36.8 Å². The first-order chi connectivity index (χ1) is 9.10. The van der Waals surface area contributed by atoms with Crippen LogP contribution in [0.5, 0.6) is 0 Å². The van der Waals surface area contributed by atoms with Crippen molar-refractivity contribution in [1.82, 2.24) is 0 Å². The largest absolute Gasteiger partial charge is 0.205 e. The van der Waals surface area contributed by atoms with Crippen LogP contribution in [0.3, 0.4) is 0 Å². The predicted octanol–water partition coefficient (Wildman–Crippen LogP) is 5.13. The lowest BCUT2D eigenvalue weighted by atomic mass is 9.67. The first kappa shape index (κ1) is 14.3. The Balaban J connectivity index is 2.23. The molecule has 1 aromatic rings. The van der Waals surface area contributed by atoms with E-state index in [9.17, 15) is 9.65 Å². The molecule has 0 bridgehead atoms. The first-order valence-corrected chi connectivity index (χ1v) is 7.32. The molecular weight excluding hydrogens is 261 g/mol. The minimum atomic E-state index is -0.393. The second kappa shape index (κ2) is 5.92. The Hall–Kier alpha value is -1.07. The van der Waals surface area contributed by atoms with Crippen molar-refractivity contribution >= 4 is 11.6 Å². The van der Waals surface area contributed by atoms with Crippen molar-refractivity contribution in [1.29, 1.82) is 5.26 Å². The minimum Gasteiger partial charge on any atom is -0.205 e. The number of nitriles is 1. The zero-order chi connectivity index (χ0) is 13.9. The van der Waals surface area contributed by atoms with E-state index in [0.29, 0.717) is 12.3 Å². The lowest BCUT2D eigenvalue weighted by Crippen LogP contribution is -2.29. The maximum absolute atomic E-state index is 13.5. The summed E-state index contributed by atoms with van der Waals surface area (Å²) < 4.78 is 13.5. The van der Waals surface area contributed by atoms with Gasteiger partial charge in [0.1, 0.15) is 5.82 Å². The minimum absolute atomic E-state index is 0.177. The molecule has 0 aromatic heterocycles. The summed E-state index contributed by atoms with van der Waals surface area (Å²) in [6.07, 6.45) is 5.77. The molecule has 0 spiro atoms. The topological polar surface area (TPSA) is 23.8 Å². The molecule has 2 unspecified atom stereocenters. The van der Waals surface area contributed by atoms with E-state index >= 15 is 0 Å². The summed E-state index contributed by atoms with van der Waals surface area (Å²) in [7, 11) is 0. The summed E-state index contributed by atoms with van der Waals surface area (Å²) in [5.41, 5.74) is 0.399. The van der Waals surface area contributed by atoms with E-state index in [2.05, 4.69) is 13.0 Å². The molecule has 2 atom stereocenters. The lowest BCUT2D eigenvalue weighted by molar-refractivity contribution is 0.194. The second-order valence-electron chi connectivity index (χ2n) is 5.65. The van der Waals surface area contributed by atoms with Gasteiger partial charge >= 0.3 is 0 Å². The molecule has 0 heterocycles. The monoisotopic (exact) mass is 279 g/mol. The molecule has 0 amide bonds. The average molecular weight is 280 g/mol. The van der Waals surface area contributed by atoms with Crippen LogP contribution in [0, 0.1) is 28.5 Å². The Bertz CT molecular complexity index is 494. The van der Waals surface area contributed by atoms with E-state index in [-0.39, 0.29) is 10.4 Å². The fourth-order valence-electron chi connectivity index (χ4n) is 3.19. The van der Waals surface area contributed by atoms with Gasteiger partial charge < -0.3 is 0 Å². The summed E-state index contributed by atoms with van der Waals surface area (Å²) in [5.74, 6) is 0.218. The van der Waals surface area contributed by atoms with Crippen LogP contribution in [-0.2, 0) is 6.42 Å². The molecule has 3 heteroatoms. The van der Waals surface area contributed by atoms with Crippen LogP contribution < -0.4 is 0 Å². The summed E-state index contributed by atoms with van der Waals surface area (Å²) in [6, 6.07) is 7.36. The van der Waals surface area contributed by atoms with Crippen LogP contribution in [0.4, 0.5) is 4.39 Å². The van der Waals surface area contributed by atoms with Gasteiger partial charge in [0.25, 0.3) is 0 Å². The van der Waals surface area contributed by atoms with Crippen molar-refractivity contribution in [2.75, 3.05) is 0 Å². The van der Waals surface area contributed by atoms with E-state index in [1.807, 2.05) is 6.07 Å². The predicted molar refractivity (Wildman–Crippen MR) is 75.4 cm³/mol. The summed E-state index contributed by atoms with van der Waals surface area (Å²) in [6.45, 7) is 2.17. The molecule has 0 radical (unpaired) electrons. The van der Waals surface area contributed by atoms with Crippen LogP contribution in [0.1, 0.15) is 44.6 Å². The van der Waals surface area contributed by atoms with Crippen LogP contribution in [0.2, 0.25) is 5.02 Å². The first-order valence-electron chi connectivity index (χ1n) is 6.94. The van der Waals surface area contributed by atoms with E-state index < -0.39 is 5.82 Å². The van der Waals surface area contributed by atoms with Gasteiger partial charge in [-0.25, -0.2) is 4.39 Å². The fraction of sp³-hybridized carbons (Fsp3) is 0.562. The number of benzene rings is 1. The van der Waals surface area contributed by atoms with Crippen LogP contribution in [-0.4, -0.2) is 0 Å². The third kappa shape index (κ3) is 3.09. The lowest BCUT2D eigenvalue weighted by Gasteiger charge is -2.35. The summed E-state index contributed by atoms with van der Waals surface area (Å²) in [4.78, 5) is 0. The van der Waals surface area contributed by atoms with E-state index in [4.69, 9.17) is 11.6 Å². The molecule has 1 nitrogen and oxygen atoms in total. The van der Waals surface area contributed by atoms with E-state index in [1.165, 1.54) is 12.5 Å². The second-order valence-corrected chi connectivity index (χ2v) is 6.03. The number of hydrogen-bond donors (Lipinski definition) is 0. The van der Waals surface area contributed by atoms with Crippen LogP contribution in [0.15, 0.2) is 18.2 Å². The highest BCUT2D eigenvalue weighted by molar-refractivity contribution is 6.31. The zero-order valence-electron chi connectivity index (χ0n) is 11.3. The van der Waals surface area contributed by atoms with Gasteiger partial charge in [0.15, 0.2) is 0 Å². The maximum atomic E-state index is 13.5. The van der Waals surface area contributed by atoms with Gasteiger partial charge in [-0.15, -0.1) is 0 Å². The number of hydrogen-bond acceptors (Lipinski definition) is 1. The van der Waals surface area contributed by atoms with Gasteiger partial charge in [-0.1, -0.05) is 49.9 Å². The molecule has 1 aliphatic rings. The summed E-state index contributed by atoms with van der Waals surface area (Å²) >= 11 is 6.02. The molecule has 19 heavy (non-hydrogen) atoms. The number of nitrogens with zero attached hydrogens (tertiary/aromatic N) is 1. The Morgan fingerprint density at radius 3 is 3.00 bits per heavy atom. The Labute approximate surface area is 119 Å². The smallest absolute Gasteiger partial charge is 0.142 e. The van der Waals surface area contributed by atoms with Gasteiger partial charge in [-0.3, -0.25) is 0 Å². The normalized spacial score (nSPS) is 26.9. The van der Waals surface area contributed by atoms with Crippen molar-refractivity contribution in [3.8, 4) is 6.07 Å². The molecule has 1 aliphatic carbocycles. The van der Waals surface area contributed by atoms with Gasteiger partial charge in [0, 0.05) is 0 Å². The molecular formula is C16H19ClFN. The van der Waals surface area contributed by atoms with Crippen LogP contribution >= 0.6 is 11.6 Å². The highest BCUT2D eigenvalue weighted by atomic mass is 35.5. The maximum Gasteiger partial charge on any atom is 0.142 e. The molecule has 0 aliphatic heterocycles. The molecule has 2 rings (SSSR count). The fourth-order valence-corrected chi connectivity index (χ4v) is 3.38. The quantitative estimate of drug-likeness (QED) is 0.752. The van der Waals surface area contributed by atoms with Crippen molar-refractivity contribution in [3.63, 3.8) is 0 Å². The Kier molecular flexibility index (Phi) is 4.47. The van der Waals surface area contributed by atoms with E-state index in [0.717, 1.165) is 31.2 Å². The van der Waals surface area contributed by atoms with Crippen molar-refractivity contribution < 1.29 is 4.39 Å². The van der Waals surface area contributed by atoms with Gasteiger partial charge in [0.2, 0.25) is 0 Å². The van der Waals surface area contributed by atoms with Crippen molar-refractivity contribution in [2.45, 2.75) is 45.4 Å². The molecule has 0 N–H and O–H groups in total. The molecule has 1 fully saturated rings. The Morgan fingerprint density at radius 1 is 1.53 bits per heavy atom. The molecule has 102 valence electrons. The number of halogens is 2. The highest BCUT2D eigenvalue weighted by Gasteiger charge is 2.36. The zero-order valence-corrected chi connectivity index (χ0v) is 12.0. The highest BCUT2D eigenvalue weighted by Crippen LogP contribution is 2.43. The van der Waals surface area contributed by atoms with Gasteiger partial charge in [-0.2, -0.15) is 5.26 Å². The molecule has 0 saturated heterocycles. The third-order valence-corrected chi connectivity index (χ3v) is 4.75. The van der Waals surface area contributed by atoms with Crippen molar-refractivity contribution in [3.05, 3.63) is 34.6 Å². The number of rotatable bonds is 3. The molecule has 1 saturated carbocycles. The standard InChI is InChI=1S/C16H19ClFN/c1-2-12-5-4-8-16(9-12,11-19)10-13-6-3-7-14(18)15(13)17/h3,6-7,12H,2,4-5,8-10H2,1H3. The molecule has 1 aromatic carbocycles. The summed E-state index contributed by atoms with van der Waals surface area (Å²) in [5, 5.41) is 9.77. The SMILES string of the molecule is CCC1CCCC(C#N)(Cc2cccc(F)c2Cl)C1. The third-order valence-electron chi connectivity index (χ3n) is 4.32. The Morgan fingerprint density at radius 2 is 2.32 bits per heavy atom. The van der Waals surface area contributed by atoms with Gasteiger partial charge in [0.05, 0.1) is 16.5 Å². The van der Waals surface area contributed by atoms with Crippen LogP contribution in [0.25, 0.3) is 0 Å². The van der Waals surface area contributed by atoms with E-state index in [1.54, 1.807) is 6.07 Å². The van der Waals surface area contributed by atoms with Crippen molar-refractivity contribution in [2.24, 2.45) is 11.3 Å².